The van der Waals surface area contributed by atoms with Crippen LogP contribution in [-0.4, -0.2) is 45.4 Å². The summed E-state index contributed by atoms with van der Waals surface area (Å²) in [6.07, 6.45) is 3.28. The van der Waals surface area contributed by atoms with Crippen LogP contribution in [0.2, 0.25) is 0 Å². The Hall–Kier alpha value is -1.99. The van der Waals surface area contributed by atoms with Crippen LogP contribution < -0.4 is 5.32 Å². The van der Waals surface area contributed by atoms with E-state index in [1.54, 1.807) is 23.9 Å². The number of hydrogen-bond donors (Lipinski definition) is 1. The minimum Gasteiger partial charge on any atom is -0.357 e. The van der Waals surface area contributed by atoms with Gasteiger partial charge in [-0.3, -0.25) is 0 Å². The molecule has 0 aliphatic carbocycles. The molecule has 0 amide bonds. The molecule has 0 fully saturated rings. The van der Waals surface area contributed by atoms with E-state index in [2.05, 4.69) is 45.7 Å². The maximum Gasteiger partial charge on any atom is 0.194 e. The normalized spacial score (nSPS) is 12.1. The zero-order valence-electron chi connectivity index (χ0n) is 16.3. The highest BCUT2D eigenvalue weighted by molar-refractivity contribution is 7.98. The third-order valence-corrected chi connectivity index (χ3v) is 5.91. The van der Waals surface area contributed by atoms with Crippen molar-refractivity contribution < 1.29 is 8.42 Å². The summed E-state index contributed by atoms with van der Waals surface area (Å²) in [5.41, 5.74) is 2.19. The molecule has 0 aliphatic heterocycles. The molecule has 27 heavy (non-hydrogen) atoms. The zero-order chi connectivity index (χ0) is 19.9. The number of hydrogen-bond acceptors (Lipinski definition) is 4. The van der Waals surface area contributed by atoms with Gasteiger partial charge in [-0.2, -0.15) is 0 Å². The number of benzene rings is 2. The quantitative estimate of drug-likeness (QED) is 0.435. The second kappa shape index (κ2) is 9.80. The largest absolute Gasteiger partial charge is 0.357 e. The van der Waals surface area contributed by atoms with Crippen molar-refractivity contribution in [2.45, 2.75) is 29.8 Å². The molecule has 7 heteroatoms. The Labute approximate surface area is 166 Å². The average molecular weight is 406 g/mol. The second-order valence-electron chi connectivity index (χ2n) is 6.29. The van der Waals surface area contributed by atoms with Gasteiger partial charge in [0.05, 0.1) is 11.4 Å². The number of rotatable bonds is 7. The highest BCUT2D eigenvalue weighted by Crippen LogP contribution is 2.16. The van der Waals surface area contributed by atoms with E-state index >= 15 is 0 Å². The lowest BCUT2D eigenvalue weighted by molar-refractivity contribution is 0.476. The summed E-state index contributed by atoms with van der Waals surface area (Å²) in [7, 11) is -1.16. The molecule has 146 valence electrons. The van der Waals surface area contributed by atoms with Gasteiger partial charge in [-0.1, -0.05) is 24.3 Å². The summed E-state index contributed by atoms with van der Waals surface area (Å²) in [5, 5.41) is 3.31. The third kappa shape index (κ3) is 6.59. The van der Waals surface area contributed by atoms with Crippen molar-refractivity contribution in [3.05, 3.63) is 59.7 Å². The van der Waals surface area contributed by atoms with Crippen molar-refractivity contribution in [2.75, 3.05) is 26.1 Å². The molecule has 0 atom stereocenters. The van der Waals surface area contributed by atoms with Gasteiger partial charge >= 0.3 is 0 Å². The number of sulfone groups is 1. The molecule has 0 radical (unpaired) electrons. The number of aliphatic imine (C=N–C) groups is 1. The van der Waals surface area contributed by atoms with Gasteiger partial charge in [-0.25, -0.2) is 13.4 Å². The standard InChI is InChI=1S/C20H27N3O2S2/c1-5-21-20(23(2)15-17-6-10-18(26-3)11-7-17)22-14-16-8-12-19(13-9-16)27(4,24)25/h6-13H,5,14-15H2,1-4H3,(H,21,22). The molecule has 2 aromatic rings. The van der Waals surface area contributed by atoms with Gasteiger partial charge in [0, 0.05) is 31.3 Å². The first kappa shape index (κ1) is 21.3. The first-order valence-electron chi connectivity index (χ1n) is 8.75. The lowest BCUT2D eigenvalue weighted by atomic mass is 10.2. The van der Waals surface area contributed by atoms with Crippen molar-refractivity contribution >= 4 is 27.6 Å². The Morgan fingerprint density at radius 3 is 2.19 bits per heavy atom. The number of thioether (sulfide) groups is 1. The van der Waals surface area contributed by atoms with Gasteiger partial charge in [0.2, 0.25) is 0 Å². The van der Waals surface area contributed by atoms with Gasteiger partial charge in [0.15, 0.2) is 15.8 Å². The SMILES string of the molecule is CCNC(=NCc1ccc(S(C)(=O)=O)cc1)N(C)Cc1ccc(SC)cc1. The molecule has 0 saturated carbocycles. The predicted octanol–water partition coefficient (Wildman–Crippen LogP) is 3.41. The zero-order valence-corrected chi connectivity index (χ0v) is 17.9. The van der Waals surface area contributed by atoms with E-state index in [9.17, 15) is 8.42 Å². The Balaban J connectivity index is 2.07. The molecule has 5 nitrogen and oxygen atoms in total. The molecule has 0 aliphatic rings. The summed E-state index contributed by atoms with van der Waals surface area (Å²) in [6.45, 7) is 4.06. The summed E-state index contributed by atoms with van der Waals surface area (Å²) < 4.78 is 23.1. The van der Waals surface area contributed by atoms with Crippen LogP contribution in [0.25, 0.3) is 0 Å². The minimum atomic E-state index is -3.17. The smallest absolute Gasteiger partial charge is 0.194 e. The van der Waals surface area contributed by atoms with E-state index < -0.39 is 9.84 Å². The Morgan fingerprint density at radius 1 is 1.07 bits per heavy atom. The summed E-state index contributed by atoms with van der Waals surface area (Å²) >= 11 is 1.73. The van der Waals surface area contributed by atoms with E-state index in [1.165, 1.54) is 16.7 Å². The fourth-order valence-corrected chi connectivity index (χ4v) is 3.60. The van der Waals surface area contributed by atoms with E-state index in [1.807, 2.05) is 26.1 Å². The fourth-order valence-electron chi connectivity index (χ4n) is 2.56. The predicted molar refractivity (Wildman–Crippen MR) is 114 cm³/mol. The van der Waals surface area contributed by atoms with Gasteiger partial charge in [0.1, 0.15) is 0 Å². The Morgan fingerprint density at radius 2 is 1.67 bits per heavy atom. The monoisotopic (exact) mass is 405 g/mol. The molecule has 0 unspecified atom stereocenters. The van der Waals surface area contributed by atoms with Crippen LogP contribution in [0.15, 0.2) is 63.3 Å². The first-order chi connectivity index (χ1) is 12.8. The van der Waals surface area contributed by atoms with E-state index in [0.29, 0.717) is 11.4 Å². The Kier molecular flexibility index (Phi) is 7.74. The van der Waals surface area contributed by atoms with Crippen molar-refractivity contribution in [2.24, 2.45) is 4.99 Å². The average Bonchev–Trinajstić information content (AvgIpc) is 2.65. The van der Waals surface area contributed by atoms with Crippen molar-refractivity contribution in [1.82, 2.24) is 10.2 Å². The van der Waals surface area contributed by atoms with Crippen LogP contribution in [0.3, 0.4) is 0 Å². The van der Waals surface area contributed by atoms with Crippen molar-refractivity contribution in [1.29, 1.82) is 0 Å². The van der Waals surface area contributed by atoms with E-state index in [0.717, 1.165) is 24.6 Å². The van der Waals surface area contributed by atoms with Crippen LogP contribution in [-0.2, 0) is 22.9 Å². The highest BCUT2D eigenvalue weighted by atomic mass is 32.2. The van der Waals surface area contributed by atoms with E-state index in [4.69, 9.17) is 0 Å². The minimum absolute atomic E-state index is 0.327. The molecule has 2 rings (SSSR count). The molecule has 1 N–H and O–H groups in total. The number of nitrogens with zero attached hydrogens (tertiary/aromatic N) is 2. The van der Waals surface area contributed by atoms with Crippen LogP contribution in [0, 0.1) is 0 Å². The summed E-state index contributed by atoms with van der Waals surface area (Å²) in [6, 6.07) is 15.4. The topological polar surface area (TPSA) is 61.8 Å². The highest BCUT2D eigenvalue weighted by Gasteiger charge is 2.08. The summed E-state index contributed by atoms with van der Waals surface area (Å²) in [5.74, 6) is 0.818. The van der Waals surface area contributed by atoms with Gasteiger partial charge < -0.3 is 10.2 Å². The molecule has 0 heterocycles. The van der Waals surface area contributed by atoms with Gasteiger partial charge in [-0.15, -0.1) is 11.8 Å². The second-order valence-corrected chi connectivity index (χ2v) is 9.19. The molecule has 0 spiro atoms. The number of nitrogens with one attached hydrogen (secondary N) is 1. The van der Waals surface area contributed by atoms with Gasteiger partial charge in [0.25, 0.3) is 0 Å². The van der Waals surface area contributed by atoms with Crippen LogP contribution in [0.5, 0.6) is 0 Å². The van der Waals surface area contributed by atoms with Crippen LogP contribution in [0.4, 0.5) is 0 Å². The third-order valence-electron chi connectivity index (χ3n) is 4.04. The molecule has 0 bridgehead atoms. The maximum atomic E-state index is 11.6. The Bertz CT molecular complexity index is 861. The first-order valence-corrected chi connectivity index (χ1v) is 11.9. The van der Waals surface area contributed by atoms with Gasteiger partial charge in [-0.05, 0) is 48.6 Å². The fraction of sp³-hybridized carbons (Fsp3) is 0.350. The molecule has 2 aromatic carbocycles. The van der Waals surface area contributed by atoms with Crippen molar-refractivity contribution in [3.8, 4) is 0 Å². The molecular formula is C20H27N3O2S2. The van der Waals surface area contributed by atoms with Crippen LogP contribution in [0.1, 0.15) is 18.1 Å². The molecule has 0 saturated heterocycles. The lowest BCUT2D eigenvalue weighted by Crippen LogP contribution is -2.38. The molecule has 0 aromatic heterocycles. The summed E-state index contributed by atoms with van der Waals surface area (Å²) in [4.78, 5) is 8.35. The van der Waals surface area contributed by atoms with E-state index in [-0.39, 0.29) is 0 Å². The lowest BCUT2D eigenvalue weighted by Gasteiger charge is -2.22. The maximum absolute atomic E-state index is 11.6. The number of guanidine groups is 1. The van der Waals surface area contributed by atoms with Crippen molar-refractivity contribution in [3.63, 3.8) is 0 Å². The van der Waals surface area contributed by atoms with Crippen LogP contribution >= 0.6 is 11.8 Å². The molecular weight excluding hydrogens is 378 g/mol.